The molecule has 1 heterocycles. The van der Waals surface area contributed by atoms with E-state index >= 15 is 0 Å². The topological polar surface area (TPSA) is 52.6 Å². The van der Waals surface area contributed by atoms with Gasteiger partial charge in [0.25, 0.3) is 0 Å². The average Bonchev–Trinajstić information content (AvgIpc) is 2.12. The van der Waals surface area contributed by atoms with Gasteiger partial charge in [-0.15, -0.1) is 0 Å². The van der Waals surface area contributed by atoms with Crippen LogP contribution in [0.5, 0.6) is 0 Å². The number of hydrogen-bond acceptors (Lipinski definition) is 2. The highest BCUT2D eigenvalue weighted by molar-refractivity contribution is 5.64. The molecular formula is C6H12N2O2. The molecule has 0 saturated carbocycles. The van der Waals surface area contributed by atoms with E-state index in [2.05, 4.69) is 5.43 Å². The van der Waals surface area contributed by atoms with Crippen LogP contribution in [0.2, 0.25) is 0 Å². The number of rotatable bonds is 0. The standard InChI is InChI=1S/C6H12N2O2/c9-6(10)8-5-3-1-2-4-7-8/h7H,1-5H2,(H,9,10). The Morgan fingerprint density at radius 1 is 1.40 bits per heavy atom. The first-order valence-electron chi connectivity index (χ1n) is 3.54. The van der Waals surface area contributed by atoms with Crippen LogP contribution in [0.25, 0.3) is 0 Å². The van der Waals surface area contributed by atoms with Crippen molar-refractivity contribution in [2.75, 3.05) is 13.1 Å². The van der Waals surface area contributed by atoms with Crippen molar-refractivity contribution in [2.45, 2.75) is 19.3 Å². The summed E-state index contributed by atoms with van der Waals surface area (Å²) in [4.78, 5) is 10.4. The maximum Gasteiger partial charge on any atom is 0.421 e. The summed E-state index contributed by atoms with van der Waals surface area (Å²) in [5.41, 5.74) is 2.81. The molecule has 0 aromatic rings. The normalized spacial score (nSPS) is 20.2. The molecule has 1 aliphatic rings. The lowest BCUT2D eigenvalue weighted by Crippen LogP contribution is -2.41. The van der Waals surface area contributed by atoms with Crippen molar-refractivity contribution in [1.82, 2.24) is 10.4 Å². The van der Waals surface area contributed by atoms with Gasteiger partial charge in [-0.05, 0) is 12.8 Å². The zero-order valence-corrected chi connectivity index (χ0v) is 5.84. The van der Waals surface area contributed by atoms with Crippen molar-refractivity contribution in [2.24, 2.45) is 0 Å². The predicted octanol–water partition coefficient (Wildman–Crippen LogP) is 0.655. The summed E-state index contributed by atoms with van der Waals surface area (Å²) in [5.74, 6) is 0. The molecule has 10 heavy (non-hydrogen) atoms. The smallest absolute Gasteiger partial charge is 0.421 e. The quantitative estimate of drug-likeness (QED) is 0.525. The number of nitrogens with zero attached hydrogens (tertiary/aromatic N) is 1. The van der Waals surface area contributed by atoms with Crippen LogP contribution in [-0.2, 0) is 0 Å². The molecule has 0 unspecified atom stereocenters. The minimum atomic E-state index is -0.873. The molecule has 1 fully saturated rings. The Labute approximate surface area is 59.8 Å². The van der Waals surface area contributed by atoms with Crippen LogP contribution in [0.15, 0.2) is 0 Å². The van der Waals surface area contributed by atoms with E-state index in [1.54, 1.807) is 0 Å². The first-order chi connectivity index (χ1) is 4.80. The Morgan fingerprint density at radius 2 is 2.20 bits per heavy atom. The first kappa shape index (κ1) is 7.34. The van der Waals surface area contributed by atoms with E-state index in [4.69, 9.17) is 5.11 Å². The lowest BCUT2D eigenvalue weighted by molar-refractivity contribution is 0.124. The fraction of sp³-hybridized carbons (Fsp3) is 0.833. The molecule has 4 nitrogen and oxygen atoms in total. The van der Waals surface area contributed by atoms with Crippen molar-refractivity contribution in [3.05, 3.63) is 0 Å². The molecule has 0 radical (unpaired) electrons. The van der Waals surface area contributed by atoms with Crippen LogP contribution in [0, 0.1) is 0 Å². The van der Waals surface area contributed by atoms with E-state index in [0.717, 1.165) is 25.8 Å². The van der Waals surface area contributed by atoms with E-state index in [0.29, 0.717) is 6.54 Å². The fourth-order valence-electron chi connectivity index (χ4n) is 1.03. The highest BCUT2D eigenvalue weighted by atomic mass is 16.4. The third-order valence-electron chi connectivity index (χ3n) is 1.59. The van der Waals surface area contributed by atoms with Crippen molar-refractivity contribution in [1.29, 1.82) is 0 Å². The minimum Gasteiger partial charge on any atom is -0.464 e. The summed E-state index contributed by atoms with van der Waals surface area (Å²) in [6, 6.07) is 0. The molecule has 0 aromatic carbocycles. The minimum absolute atomic E-state index is 0.620. The lowest BCUT2D eigenvalue weighted by atomic mass is 10.2. The Morgan fingerprint density at radius 3 is 2.90 bits per heavy atom. The highest BCUT2D eigenvalue weighted by Crippen LogP contribution is 2.01. The van der Waals surface area contributed by atoms with Gasteiger partial charge in [-0.2, -0.15) is 0 Å². The number of amides is 1. The van der Waals surface area contributed by atoms with Gasteiger partial charge in [-0.1, -0.05) is 6.42 Å². The zero-order chi connectivity index (χ0) is 7.40. The number of carboxylic acid groups (broad SMARTS) is 1. The number of hydrogen-bond donors (Lipinski definition) is 2. The number of nitrogens with one attached hydrogen (secondary N) is 1. The Balaban J connectivity index is 2.35. The summed E-state index contributed by atoms with van der Waals surface area (Å²) in [6.07, 6.45) is 2.29. The van der Waals surface area contributed by atoms with Gasteiger partial charge in [0.15, 0.2) is 0 Å². The van der Waals surface area contributed by atoms with E-state index < -0.39 is 6.09 Å². The summed E-state index contributed by atoms with van der Waals surface area (Å²) in [7, 11) is 0. The third kappa shape index (κ3) is 1.88. The van der Waals surface area contributed by atoms with Gasteiger partial charge in [-0.25, -0.2) is 15.2 Å². The molecule has 1 aliphatic heterocycles. The largest absolute Gasteiger partial charge is 0.464 e. The molecule has 1 amide bonds. The van der Waals surface area contributed by atoms with Gasteiger partial charge in [0.2, 0.25) is 0 Å². The van der Waals surface area contributed by atoms with Gasteiger partial charge in [-0.3, -0.25) is 0 Å². The van der Waals surface area contributed by atoms with Crippen molar-refractivity contribution < 1.29 is 9.90 Å². The van der Waals surface area contributed by atoms with Crippen molar-refractivity contribution in [3.63, 3.8) is 0 Å². The van der Waals surface area contributed by atoms with Crippen LogP contribution in [0.4, 0.5) is 4.79 Å². The molecule has 4 heteroatoms. The Kier molecular flexibility index (Phi) is 2.50. The van der Waals surface area contributed by atoms with Gasteiger partial charge >= 0.3 is 6.09 Å². The summed E-state index contributed by atoms with van der Waals surface area (Å²) in [6.45, 7) is 1.40. The van der Waals surface area contributed by atoms with Crippen LogP contribution in [-0.4, -0.2) is 29.3 Å². The zero-order valence-electron chi connectivity index (χ0n) is 5.84. The van der Waals surface area contributed by atoms with Gasteiger partial charge in [0.05, 0.1) is 0 Å². The fourth-order valence-corrected chi connectivity index (χ4v) is 1.03. The van der Waals surface area contributed by atoms with Gasteiger partial charge in [0, 0.05) is 13.1 Å². The van der Waals surface area contributed by atoms with Crippen LogP contribution in [0.1, 0.15) is 19.3 Å². The number of carbonyl (C=O) groups is 1. The molecule has 0 atom stereocenters. The van der Waals surface area contributed by atoms with Crippen LogP contribution in [0.3, 0.4) is 0 Å². The monoisotopic (exact) mass is 144 g/mol. The SMILES string of the molecule is O=C(O)N1CCCCCN1. The molecule has 1 saturated heterocycles. The molecule has 0 spiro atoms. The maximum absolute atomic E-state index is 10.4. The first-order valence-corrected chi connectivity index (χ1v) is 3.54. The second-order valence-corrected chi connectivity index (χ2v) is 2.40. The molecule has 58 valence electrons. The van der Waals surface area contributed by atoms with Crippen LogP contribution >= 0.6 is 0 Å². The molecule has 0 aromatic heterocycles. The summed E-state index contributed by atoms with van der Waals surface area (Å²) < 4.78 is 0. The van der Waals surface area contributed by atoms with Gasteiger partial charge < -0.3 is 5.11 Å². The average molecular weight is 144 g/mol. The molecular weight excluding hydrogens is 132 g/mol. The lowest BCUT2D eigenvalue weighted by Gasteiger charge is -2.15. The maximum atomic E-state index is 10.4. The third-order valence-corrected chi connectivity index (χ3v) is 1.59. The van der Waals surface area contributed by atoms with E-state index in [9.17, 15) is 4.79 Å². The van der Waals surface area contributed by atoms with Crippen LogP contribution < -0.4 is 5.43 Å². The second-order valence-electron chi connectivity index (χ2n) is 2.40. The Bertz CT molecular complexity index is 119. The van der Waals surface area contributed by atoms with E-state index in [-0.39, 0.29) is 0 Å². The summed E-state index contributed by atoms with van der Waals surface area (Å²) in [5, 5.41) is 9.78. The molecule has 1 rings (SSSR count). The van der Waals surface area contributed by atoms with E-state index in [1.165, 1.54) is 5.01 Å². The summed E-state index contributed by atoms with van der Waals surface area (Å²) >= 11 is 0. The Hall–Kier alpha value is -0.770. The second kappa shape index (κ2) is 3.41. The highest BCUT2D eigenvalue weighted by Gasteiger charge is 2.12. The van der Waals surface area contributed by atoms with Gasteiger partial charge in [0.1, 0.15) is 0 Å². The molecule has 0 aliphatic carbocycles. The van der Waals surface area contributed by atoms with Crippen molar-refractivity contribution in [3.8, 4) is 0 Å². The predicted molar refractivity (Wildman–Crippen MR) is 36.6 cm³/mol. The van der Waals surface area contributed by atoms with E-state index in [1.807, 2.05) is 0 Å². The molecule has 0 bridgehead atoms. The number of hydrazine groups is 1. The molecule has 2 N–H and O–H groups in total. The van der Waals surface area contributed by atoms with Crippen molar-refractivity contribution >= 4 is 6.09 Å².